The average molecular weight is 393 g/mol. The van der Waals surface area contributed by atoms with E-state index in [1.807, 2.05) is 66.4 Å². The molecular weight excluding hydrogens is 377 g/mol. The van der Waals surface area contributed by atoms with Crippen molar-refractivity contribution in [2.45, 2.75) is 12.6 Å². The summed E-state index contributed by atoms with van der Waals surface area (Å²) >= 11 is 2.20. The van der Waals surface area contributed by atoms with Gasteiger partial charge in [0.15, 0.2) is 5.72 Å². The molecule has 1 aliphatic heterocycles. The van der Waals surface area contributed by atoms with Gasteiger partial charge < -0.3 is 9.64 Å². The first-order valence-electron chi connectivity index (χ1n) is 6.89. The molecule has 21 heavy (non-hydrogen) atoms. The molecule has 1 heterocycles. The van der Waals surface area contributed by atoms with Crippen LogP contribution in [0.2, 0.25) is 0 Å². The number of ether oxygens (including phenoxy) is 1. The van der Waals surface area contributed by atoms with Crippen LogP contribution in [0, 0.1) is 3.57 Å². The summed E-state index contributed by atoms with van der Waals surface area (Å²) in [5, 5.41) is 0. The van der Waals surface area contributed by atoms with Crippen LogP contribution in [0.3, 0.4) is 0 Å². The molecule has 3 rings (SSSR count). The lowest BCUT2D eigenvalue weighted by molar-refractivity contribution is -0.0586. The second-order valence-corrected chi connectivity index (χ2v) is 6.30. The first-order valence-corrected chi connectivity index (χ1v) is 7.97. The second-order valence-electron chi connectivity index (χ2n) is 5.13. The van der Waals surface area contributed by atoms with Crippen molar-refractivity contribution in [1.29, 1.82) is 0 Å². The number of carbonyl (C=O) groups excluding carboxylic acids is 1. The Morgan fingerprint density at radius 1 is 1.14 bits per heavy atom. The highest BCUT2D eigenvalue weighted by molar-refractivity contribution is 14.1. The lowest BCUT2D eigenvalue weighted by atomic mass is 10.0. The van der Waals surface area contributed by atoms with E-state index in [1.165, 1.54) is 0 Å². The van der Waals surface area contributed by atoms with E-state index in [2.05, 4.69) is 22.6 Å². The summed E-state index contributed by atoms with van der Waals surface area (Å²) in [5.41, 5.74) is 1.03. The van der Waals surface area contributed by atoms with Gasteiger partial charge in [0.1, 0.15) is 0 Å². The number of benzene rings is 2. The molecule has 2 aromatic rings. The van der Waals surface area contributed by atoms with Crippen molar-refractivity contribution in [2.24, 2.45) is 0 Å². The smallest absolute Gasteiger partial charge is 0.257 e. The molecule has 1 saturated heterocycles. The van der Waals surface area contributed by atoms with Crippen molar-refractivity contribution in [2.75, 3.05) is 13.2 Å². The molecule has 3 nitrogen and oxygen atoms in total. The Morgan fingerprint density at radius 3 is 2.52 bits per heavy atom. The molecule has 1 atom stereocenters. The molecule has 2 aromatic carbocycles. The van der Waals surface area contributed by atoms with Crippen molar-refractivity contribution in [1.82, 2.24) is 4.90 Å². The van der Waals surface area contributed by atoms with Gasteiger partial charge in [0, 0.05) is 15.7 Å². The Labute approximate surface area is 138 Å². The van der Waals surface area contributed by atoms with Gasteiger partial charge in [-0.3, -0.25) is 4.79 Å². The minimum absolute atomic E-state index is 0.0175. The number of hydrogen-bond acceptors (Lipinski definition) is 2. The van der Waals surface area contributed by atoms with Crippen molar-refractivity contribution in [3.8, 4) is 0 Å². The largest absolute Gasteiger partial charge is 0.350 e. The number of hydrogen-bond donors (Lipinski definition) is 0. The van der Waals surface area contributed by atoms with Gasteiger partial charge in [-0.1, -0.05) is 42.5 Å². The molecule has 0 bridgehead atoms. The molecule has 0 saturated carbocycles. The zero-order chi connectivity index (χ0) is 14.9. The van der Waals surface area contributed by atoms with Crippen LogP contribution in [0.5, 0.6) is 0 Å². The zero-order valence-electron chi connectivity index (χ0n) is 11.8. The third kappa shape index (κ3) is 2.58. The molecular formula is C17H16INO2. The fourth-order valence-corrected chi connectivity index (χ4v) is 3.31. The molecule has 4 heteroatoms. The van der Waals surface area contributed by atoms with E-state index in [0.717, 1.165) is 14.7 Å². The molecule has 0 unspecified atom stereocenters. The van der Waals surface area contributed by atoms with Gasteiger partial charge in [-0.2, -0.15) is 0 Å². The maximum atomic E-state index is 12.9. The van der Waals surface area contributed by atoms with Crippen LogP contribution in [0.1, 0.15) is 22.8 Å². The highest BCUT2D eigenvalue weighted by atomic mass is 127. The second kappa shape index (κ2) is 5.77. The highest BCUT2D eigenvalue weighted by Gasteiger charge is 2.42. The Morgan fingerprint density at radius 2 is 1.81 bits per heavy atom. The normalized spacial score (nSPS) is 21.5. The molecule has 1 aliphatic rings. The first kappa shape index (κ1) is 14.5. The van der Waals surface area contributed by atoms with Crippen LogP contribution in [0.15, 0.2) is 54.6 Å². The highest BCUT2D eigenvalue weighted by Crippen LogP contribution is 2.35. The van der Waals surface area contributed by atoms with Crippen LogP contribution in [0.25, 0.3) is 0 Å². The van der Waals surface area contributed by atoms with Gasteiger partial charge in [-0.25, -0.2) is 0 Å². The number of amides is 1. The van der Waals surface area contributed by atoms with Crippen LogP contribution < -0.4 is 0 Å². The molecule has 1 fully saturated rings. The monoisotopic (exact) mass is 393 g/mol. The van der Waals surface area contributed by atoms with Gasteiger partial charge in [-0.05, 0) is 41.6 Å². The van der Waals surface area contributed by atoms with E-state index in [-0.39, 0.29) is 5.91 Å². The summed E-state index contributed by atoms with van der Waals surface area (Å²) in [6.07, 6.45) is 0. The number of halogens is 1. The van der Waals surface area contributed by atoms with Gasteiger partial charge >= 0.3 is 0 Å². The van der Waals surface area contributed by atoms with E-state index in [0.29, 0.717) is 13.2 Å². The summed E-state index contributed by atoms with van der Waals surface area (Å²) in [7, 11) is 0. The van der Waals surface area contributed by atoms with Crippen LogP contribution in [-0.4, -0.2) is 24.0 Å². The summed E-state index contributed by atoms with van der Waals surface area (Å²) in [5.74, 6) is 0.0175. The average Bonchev–Trinajstić information content (AvgIpc) is 2.91. The van der Waals surface area contributed by atoms with Crippen molar-refractivity contribution >= 4 is 28.5 Å². The van der Waals surface area contributed by atoms with Crippen molar-refractivity contribution in [3.05, 3.63) is 69.3 Å². The SMILES string of the molecule is C[C@]1(c2ccccc2)OCCN1C(=O)c1ccccc1I. The lowest BCUT2D eigenvalue weighted by Gasteiger charge is -2.34. The molecule has 0 N–H and O–H groups in total. The van der Waals surface area contributed by atoms with E-state index < -0.39 is 5.72 Å². The van der Waals surface area contributed by atoms with Crippen molar-refractivity contribution < 1.29 is 9.53 Å². The van der Waals surface area contributed by atoms with E-state index in [4.69, 9.17) is 4.74 Å². The van der Waals surface area contributed by atoms with Gasteiger partial charge in [0.25, 0.3) is 5.91 Å². The first-order chi connectivity index (χ1) is 10.1. The number of rotatable bonds is 2. The maximum absolute atomic E-state index is 12.9. The Kier molecular flexibility index (Phi) is 3.99. The minimum Gasteiger partial charge on any atom is -0.350 e. The predicted molar refractivity (Wildman–Crippen MR) is 89.9 cm³/mol. The Hall–Kier alpha value is -1.40. The fourth-order valence-electron chi connectivity index (χ4n) is 2.69. The van der Waals surface area contributed by atoms with Crippen LogP contribution >= 0.6 is 22.6 Å². The van der Waals surface area contributed by atoms with E-state index in [1.54, 1.807) is 0 Å². The standard InChI is InChI=1S/C17H16INO2/c1-17(13-7-3-2-4-8-13)19(11-12-21-17)16(20)14-9-5-6-10-15(14)18/h2-10H,11-12H2,1H3/t17-/m1/s1. The Balaban J connectivity index is 1.98. The summed E-state index contributed by atoms with van der Waals surface area (Å²) in [6, 6.07) is 17.6. The third-order valence-corrected chi connectivity index (χ3v) is 4.81. The van der Waals surface area contributed by atoms with Crippen LogP contribution in [-0.2, 0) is 10.5 Å². The number of carbonyl (C=O) groups is 1. The van der Waals surface area contributed by atoms with Crippen LogP contribution in [0.4, 0.5) is 0 Å². The third-order valence-electron chi connectivity index (χ3n) is 3.87. The summed E-state index contributed by atoms with van der Waals surface area (Å²) < 4.78 is 6.88. The van der Waals surface area contributed by atoms with E-state index >= 15 is 0 Å². The summed E-state index contributed by atoms with van der Waals surface area (Å²) in [4.78, 5) is 14.7. The van der Waals surface area contributed by atoms with Crippen molar-refractivity contribution in [3.63, 3.8) is 0 Å². The molecule has 0 radical (unpaired) electrons. The lowest BCUT2D eigenvalue weighted by Crippen LogP contribution is -2.44. The Bertz CT molecular complexity index is 659. The van der Waals surface area contributed by atoms with E-state index in [9.17, 15) is 4.79 Å². The summed E-state index contributed by atoms with van der Waals surface area (Å²) in [6.45, 7) is 3.12. The number of nitrogens with zero attached hydrogens (tertiary/aromatic N) is 1. The maximum Gasteiger partial charge on any atom is 0.257 e. The molecule has 0 spiro atoms. The minimum atomic E-state index is -0.697. The quantitative estimate of drug-likeness (QED) is 0.730. The molecule has 0 aliphatic carbocycles. The van der Waals surface area contributed by atoms with Gasteiger partial charge in [0.2, 0.25) is 0 Å². The zero-order valence-corrected chi connectivity index (χ0v) is 13.9. The van der Waals surface area contributed by atoms with Gasteiger partial charge in [0.05, 0.1) is 12.2 Å². The van der Waals surface area contributed by atoms with Gasteiger partial charge in [-0.15, -0.1) is 0 Å². The molecule has 1 amide bonds. The topological polar surface area (TPSA) is 29.5 Å². The predicted octanol–water partition coefficient (Wildman–Crippen LogP) is 3.64. The molecule has 108 valence electrons. The fraction of sp³-hybridized carbons (Fsp3) is 0.235. The molecule has 0 aromatic heterocycles.